The first-order valence-electron chi connectivity index (χ1n) is 21.4. The Hall–Kier alpha value is -2.06. The van der Waals surface area contributed by atoms with Gasteiger partial charge in [0.1, 0.15) is 6.10 Å². The topological polar surface area (TPSA) is 117 Å². The number of rotatable bonds is 40. The second-order valence-electron chi connectivity index (χ2n) is 13.8. The maximum absolute atomic E-state index is 12.5. The first-order valence-corrected chi connectivity index (χ1v) is 22.9. The first-order chi connectivity index (χ1) is 26.4. The van der Waals surface area contributed by atoms with E-state index in [9.17, 15) is 14.3 Å². The van der Waals surface area contributed by atoms with Crippen LogP contribution in [0.5, 0.6) is 0 Å². The van der Waals surface area contributed by atoms with E-state index in [1.165, 1.54) is 64.2 Å². The molecule has 54 heavy (non-hydrogen) atoms. The molecular formula is C45H80NO7P. The van der Waals surface area contributed by atoms with Crippen LogP contribution >= 0.6 is 7.82 Å². The molecule has 2 unspecified atom stereocenters. The van der Waals surface area contributed by atoms with Crippen LogP contribution in [0.15, 0.2) is 72.9 Å². The zero-order chi connectivity index (χ0) is 39.5. The predicted molar refractivity (Wildman–Crippen MR) is 228 cm³/mol. The molecule has 0 aromatic carbocycles. The van der Waals surface area contributed by atoms with E-state index in [0.29, 0.717) is 13.0 Å². The van der Waals surface area contributed by atoms with Gasteiger partial charge in [0.25, 0.3) is 0 Å². The van der Waals surface area contributed by atoms with Gasteiger partial charge in [0.2, 0.25) is 0 Å². The normalized spacial score (nSPS) is 14.2. The van der Waals surface area contributed by atoms with Crippen molar-refractivity contribution in [2.75, 3.05) is 33.0 Å². The monoisotopic (exact) mass is 778 g/mol. The summed E-state index contributed by atoms with van der Waals surface area (Å²) in [6.45, 7) is 4.74. The number of nitrogens with two attached hydrogens (primary N) is 1. The maximum Gasteiger partial charge on any atom is 0.472 e. The molecule has 0 rings (SSSR count). The zero-order valence-corrected chi connectivity index (χ0v) is 35.3. The van der Waals surface area contributed by atoms with E-state index in [0.717, 1.165) is 83.5 Å². The number of esters is 1. The third-order valence-corrected chi connectivity index (χ3v) is 9.62. The lowest BCUT2D eigenvalue weighted by Crippen LogP contribution is -2.28. The van der Waals surface area contributed by atoms with Crippen molar-refractivity contribution in [1.29, 1.82) is 0 Å². The molecule has 312 valence electrons. The molecule has 0 heterocycles. The molecule has 2 atom stereocenters. The molecule has 0 aromatic rings. The van der Waals surface area contributed by atoms with Crippen molar-refractivity contribution in [2.45, 2.75) is 174 Å². The predicted octanol–water partition coefficient (Wildman–Crippen LogP) is 12.7. The van der Waals surface area contributed by atoms with Crippen molar-refractivity contribution in [3.63, 3.8) is 0 Å². The number of hydrogen-bond acceptors (Lipinski definition) is 7. The molecule has 0 aliphatic carbocycles. The Balaban J connectivity index is 3.97. The fourth-order valence-corrected chi connectivity index (χ4v) is 6.29. The van der Waals surface area contributed by atoms with Crippen LogP contribution in [0.2, 0.25) is 0 Å². The van der Waals surface area contributed by atoms with E-state index in [-0.39, 0.29) is 32.3 Å². The van der Waals surface area contributed by atoms with Gasteiger partial charge in [-0.2, -0.15) is 0 Å². The Bertz CT molecular complexity index is 1050. The summed E-state index contributed by atoms with van der Waals surface area (Å²) in [5.74, 6) is -0.341. The summed E-state index contributed by atoms with van der Waals surface area (Å²) in [6.07, 6.45) is 52.2. The molecule has 0 aliphatic heterocycles. The van der Waals surface area contributed by atoms with Gasteiger partial charge in [-0.05, 0) is 64.2 Å². The molecule has 0 fully saturated rings. The molecule has 0 aliphatic rings. The number of unbranched alkanes of at least 4 members (excludes halogenated alkanes) is 15. The SMILES string of the molecule is CC/C=C\C/C=C\C/C=C\C/C=C\C/C=C\C/C=C\CCCCCCCCCOCC(COP(=O)(O)OCCN)OC(=O)CCCCCCCCCCC. The van der Waals surface area contributed by atoms with Crippen molar-refractivity contribution in [3.05, 3.63) is 72.9 Å². The molecule has 3 N–H and O–H groups in total. The van der Waals surface area contributed by atoms with Gasteiger partial charge in [0.05, 0.1) is 19.8 Å². The average molecular weight is 778 g/mol. The van der Waals surface area contributed by atoms with E-state index in [2.05, 4.69) is 86.8 Å². The van der Waals surface area contributed by atoms with Crippen LogP contribution < -0.4 is 5.73 Å². The molecule has 0 aromatic heterocycles. The van der Waals surface area contributed by atoms with Crippen LogP contribution in [0.4, 0.5) is 0 Å². The molecule has 8 nitrogen and oxygen atoms in total. The summed E-state index contributed by atoms with van der Waals surface area (Å²) in [7, 11) is -4.28. The summed E-state index contributed by atoms with van der Waals surface area (Å²) in [4.78, 5) is 22.4. The van der Waals surface area contributed by atoms with Crippen molar-refractivity contribution >= 4 is 13.8 Å². The minimum absolute atomic E-state index is 0.0957. The molecule has 9 heteroatoms. The quantitative estimate of drug-likeness (QED) is 0.0273. The van der Waals surface area contributed by atoms with Gasteiger partial charge in [0.15, 0.2) is 0 Å². The van der Waals surface area contributed by atoms with Crippen LogP contribution in [-0.2, 0) is 27.9 Å². The fourth-order valence-electron chi connectivity index (χ4n) is 5.53. The summed E-state index contributed by atoms with van der Waals surface area (Å²) >= 11 is 0. The van der Waals surface area contributed by atoms with Gasteiger partial charge >= 0.3 is 13.8 Å². The lowest BCUT2D eigenvalue weighted by atomic mass is 10.1. The Morgan fingerprint density at radius 3 is 1.56 bits per heavy atom. The number of phosphoric ester groups is 1. The maximum atomic E-state index is 12.5. The highest BCUT2D eigenvalue weighted by molar-refractivity contribution is 7.47. The third kappa shape index (κ3) is 41.1. The number of carbonyl (C=O) groups is 1. The largest absolute Gasteiger partial charge is 0.472 e. The van der Waals surface area contributed by atoms with Crippen molar-refractivity contribution in [2.24, 2.45) is 5.73 Å². The van der Waals surface area contributed by atoms with Crippen molar-refractivity contribution < 1.29 is 32.8 Å². The van der Waals surface area contributed by atoms with E-state index in [4.69, 9.17) is 24.3 Å². The number of allylic oxidation sites excluding steroid dienone is 12. The Morgan fingerprint density at radius 1 is 0.574 bits per heavy atom. The van der Waals surface area contributed by atoms with Gasteiger partial charge in [-0.15, -0.1) is 0 Å². The lowest BCUT2D eigenvalue weighted by Gasteiger charge is -2.20. The summed E-state index contributed by atoms with van der Waals surface area (Å²) < 4.78 is 33.3. The smallest absolute Gasteiger partial charge is 0.457 e. The van der Waals surface area contributed by atoms with Gasteiger partial charge in [-0.3, -0.25) is 13.8 Å². The molecule has 0 saturated carbocycles. The fraction of sp³-hybridized carbons (Fsp3) is 0.711. The molecule has 0 spiro atoms. The average Bonchev–Trinajstić information content (AvgIpc) is 3.16. The summed E-state index contributed by atoms with van der Waals surface area (Å²) in [5, 5.41) is 0. The number of phosphoric acid groups is 1. The Morgan fingerprint density at radius 2 is 1.04 bits per heavy atom. The minimum atomic E-state index is -4.28. The zero-order valence-electron chi connectivity index (χ0n) is 34.4. The summed E-state index contributed by atoms with van der Waals surface area (Å²) in [6, 6.07) is 0. The second kappa shape index (κ2) is 42.1. The van der Waals surface area contributed by atoms with Gasteiger partial charge in [-0.25, -0.2) is 4.57 Å². The lowest BCUT2D eigenvalue weighted by molar-refractivity contribution is -0.154. The number of hydrogen-bond donors (Lipinski definition) is 2. The molecule has 0 amide bonds. The minimum Gasteiger partial charge on any atom is -0.457 e. The van der Waals surface area contributed by atoms with Crippen molar-refractivity contribution in [1.82, 2.24) is 0 Å². The van der Waals surface area contributed by atoms with E-state index >= 15 is 0 Å². The van der Waals surface area contributed by atoms with Crippen LogP contribution in [0, 0.1) is 0 Å². The van der Waals surface area contributed by atoms with Crippen LogP contribution in [0.25, 0.3) is 0 Å². The van der Waals surface area contributed by atoms with Crippen LogP contribution in [-0.4, -0.2) is 49.9 Å². The van der Waals surface area contributed by atoms with Gasteiger partial charge in [-0.1, -0.05) is 170 Å². The highest BCUT2D eigenvalue weighted by atomic mass is 31.2. The van der Waals surface area contributed by atoms with Crippen LogP contribution in [0.1, 0.15) is 168 Å². The van der Waals surface area contributed by atoms with Gasteiger partial charge < -0.3 is 20.1 Å². The van der Waals surface area contributed by atoms with Gasteiger partial charge in [0, 0.05) is 19.6 Å². The number of carbonyl (C=O) groups excluding carboxylic acids is 1. The Kier molecular flexibility index (Phi) is 40.5. The van der Waals surface area contributed by atoms with E-state index < -0.39 is 13.9 Å². The molecule has 0 saturated heterocycles. The molecule has 0 radical (unpaired) electrons. The third-order valence-electron chi connectivity index (χ3n) is 8.64. The van der Waals surface area contributed by atoms with Crippen LogP contribution in [0.3, 0.4) is 0 Å². The summed E-state index contributed by atoms with van der Waals surface area (Å²) in [5.41, 5.74) is 5.35. The standard InChI is InChI=1S/C45H80NO7P/c1-3-5-7-9-11-13-14-15-16-17-18-19-20-21-22-23-24-25-26-27-28-29-31-33-35-37-40-50-42-44(43-52-54(48,49)51-41-39-46)53-45(47)38-36-34-32-30-12-10-8-6-4-2/h5,7,11,13,15-16,18-19,21-22,24-25,44H,3-4,6,8-10,12,14,17,20,23,26-43,46H2,1-2H3,(H,48,49)/b7-5-,13-11-,16-15-,19-18-,22-21-,25-24-. The second-order valence-corrected chi connectivity index (χ2v) is 15.3. The molecule has 0 bridgehead atoms. The number of ether oxygens (including phenoxy) is 2. The molecular weight excluding hydrogens is 697 g/mol. The highest BCUT2D eigenvalue weighted by Crippen LogP contribution is 2.43. The highest BCUT2D eigenvalue weighted by Gasteiger charge is 2.25. The van der Waals surface area contributed by atoms with E-state index in [1.807, 2.05) is 0 Å². The van der Waals surface area contributed by atoms with E-state index in [1.54, 1.807) is 0 Å². The Labute approximate surface area is 331 Å². The van der Waals surface area contributed by atoms with Crippen molar-refractivity contribution in [3.8, 4) is 0 Å². The first kappa shape index (κ1) is 51.9.